The molecule has 0 aliphatic heterocycles. The van der Waals surface area contributed by atoms with Crippen molar-refractivity contribution in [2.24, 2.45) is 11.8 Å². The Kier molecular flexibility index (Phi) is 4.99. The Morgan fingerprint density at radius 1 is 1.19 bits per heavy atom. The zero-order valence-corrected chi connectivity index (χ0v) is 13.0. The van der Waals surface area contributed by atoms with Gasteiger partial charge in [0.1, 0.15) is 0 Å². The normalized spacial score (nSPS) is 21.5. The van der Waals surface area contributed by atoms with E-state index in [0.29, 0.717) is 13.0 Å². The molecular weight excluding hydrogens is 264 g/mol. The van der Waals surface area contributed by atoms with Gasteiger partial charge in [0.2, 0.25) is 11.8 Å². The summed E-state index contributed by atoms with van der Waals surface area (Å²) in [6.45, 7) is 6.57. The zero-order chi connectivity index (χ0) is 15.4. The molecule has 3 atom stereocenters. The predicted octanol–water partition coefficient (Wildman–Crippen LogP) is 2.16. The minimum absolute atomic E-state index is 0.0137. The molecule has 0 aromatic heterocycles. The first-order valence-electron chi connectivity index (χ1n) is 7.65. The van der Waals surface area contributed by atoms with Crippen LogP contribution >= 0.6 is 0 Å². The lowest BCUT2D eigenvalue weighted by Crippen LogP contribution is -2.35. The Balaban J connectivity index is 1.75. The van der Waals surface area contributed by atoms with Gasteiger partial charge in [-0.15, -0.1) is 0 Å². The number of benzene rings is 1. The molecule has 1 aromatic carbocycles. The third-order valence-corrected chi connectivity index (χ3v) is 4.05. The van der Waals surface area contributed by atoms with Gasteiger partial charge in [-0.1, -0.05) is 36.8 Å². The second-order valence-corrected chi connectivity index (χ2v) is 5.97. The molecule has 0 radical (unpaired) electrons. The number of carbonyl (C=O) groups is 2. The lowest BCUT2D eigenvalue weighted by molar-refractivity contribution is -0.127. The number of hydrogen-bond donors (Lipinski definition) is 2. The van der Waals surface area contributed by atoms with Gasteiger partial charge in [-0.3, -0.25) is 9.59 Å². The van der Waals surface area contributed by atoms with E-state index in [-0.39, 0.29) is 29.7 Å². The van der Waals surface area contributed by atoms with Crippen LogP contribution in [0.25, 0.3) is 0 Å². The van der Waals surface area contributed by atoms with Crippen molar-refractivity contribution in [2.75, 3.05) is 0 Å². The van der Waals surface area contributed by atoms with Gasteiger partial charge in [-0.2, -0.15) is 0 Å². The van der Waals surface area contributed by atoms with Gasteiger partial charge in [0.25, 0.3) is 0 Å². The van der Waals surface area contributed by atoms with Crippen LogP contribution < -0.4 is 10.6 Å². The molecule has 0 saturated heterocycles. The van der Waals surface area contributed by atoms with Crippen LogP contribution in [0.4, 0.5) is 0 Å². The standard InChI is InChI=1S/C17H24N2O2/c1-4-12(3)19-17(21)15-9-14(15)16(20)18-10-13-7-5-11(2)6-8-13/h5-8,12,14-15H,4,9-10H2,1-3H3,(H,18,20)(H,19,21). The molecule has 1 aromatic rings. The molecule has 21 heavy (non-hydrogen) atoms. The van der Waals surface area contributed by atoms with Crippen LogP contribution in [0.2, 0.25) is 0 Å². The molecule has 0 spiro atoms. The quantitative estimate of drug-likeness (QED) is 0.843. The molecule has 2 rings (SSSR count). The number of nitrogens with one attached hydrogen (secondary N) is 2. The van der Waals surface area contributed by atoms with Crippen LogP contribution in [0.1, 0.15) is 37.8 Å². The maximum absolute atomic E-state index is 12.0. The highest BCUT2D eigenvalue weighted by Crippen LogP contribution is 2.38. The van der Waals surface area contributed by atoms with E-state index in [9.17, 15) is 9.59 Å². The van der Waals surface area contributed by atoms with E-state index in [4.69, 9.17) is 0 Å². The van der Waals surface area contributed by atoms with Crippen molar-refractivity contribution in [3.05, 3.63) is 35.4 Å². The van der Waals surface area contributed by atoms with E-state index in [0.717, 1.165) is 12.0 Å². The second-order valence-electron chi connectivity index (χ2n) is 5.97. The average Bonchev–Trinajstić information content (AvgIpc) is 3.26. The second kappa shape index (κ2) is 6.74. The summed E-state index contributed by atoms with van der Waals surface area (Å²) in [5.41, 5.74) is 2.28. The fourth-order valence-corrected chi connectivity index (χ4v) is 2.25. The van der Waals surface area contributed by atoms with Crippen LogP contribution in [-0.4, -0.2) is 17.9 Å². The monoisotopic (exact) mass is 288 g/mol. The van der Waals surface area contributed by atoms with Crippen molar-refractivity contribution >= 4 is 11.8 Å². The van der Waals surface area contributed by atoms with E-state index in [1.165, 1.54) is 5.56 Å². The summed E-state index contributed by atoms with van der Waals surface area (Å²) in [6.07, 6.45) is 1.57. The molecule has 114 valence electrons. The fraction of sp³-hybridized carbons (Fsp3) is 0.529. The van der Waals surface area contributed by atoms with E-state index in [1.54, 1.807) is 0 Å². The highest BCUT2D eigenvalue weighted by atomic mass is 16.2. The minimum atomic E-state index is -0.153. The smallest absolute Gasteiger partial charge is 0.224 e. The van der Waals surface area contributed by atoms with E-state index < -0.39 is 0 Å². The summed E-state index contributed by atoms with van der Waals surface area (Å²) in [5.74, 6) is -0.295. The maximum atomic E-state index is 12.0. The predicted molar refractivity (Wildman–Crippen MR) is 82.5 cm³/mol. The molecule has 4 heteroatoms. The minimum Gasteiger partial charge on any atom is -0.353 e. The van der Waals surface area contributed by atoms with Gasteiger partial charge < -0.3 is 10.6 Å². The molecule has 2 N–H and O–H groups in total. The average molecular weight is 288 g/mol. The molecule has 1 fully saturated rings. The highest BCUT2D eigenvalue weighted by Gasteiger charge is 2.47. The lowest BCUT2D eigenvalue weighted by Gasteiger charge is -2.11. The summed E-state index contributed by atoms with van der Waals surface area (Å²) in [5, 5.41) is 5.85. The Labute approximate surface area is 126 Å². The van der Waals surface area contributed by atoms with Gasteiger partial charge in [-0.25, -0.2) is 0 Å². The maximum Gasteiger partial charge on any atom is 0.224 e. The van der Waals surface area contributed by atoms with Crippen molar-refractivity contribution in [3.63, 3.8) is 0 Å². The van der Waals surface area contributed by atoms with Crippen LogP contribution in [0.3, 0.4) is 0 Å². The number of aryl methyl sites for hydroxylation is 1. The van der Waals surface area contributed by atoms with Crippen LogP contribution in [0.15, 0.2) is 24.3 Å². The van der Waals surface area contributed by atoms with Gasteiger partial charge in [0.15, 0.2) is 0 Å². The van der Waals surface area contributed by atoms with Crippen molar-refractivity contribution in [1.82, 2.24) is 10.6 Å². The third-order valence-electron chi connectivity index (χ3n) is 4.05. The molecule has 1 aliphatic rings. The summed E-state index contributed by atoms with van der Waals surface area (Å²) < 4.78 is 0. The zero-order valence-electron chi connectivity index (χ0n) is 13.0. The molecule has 0 bridgehead atoms. The van der Waals surface area contributed by atoms with E-state index in [1.807, 2.05) is 45.0 Å². The summed E-state index contributed by atoms with van der Waals surface area (Å²) in [4.78, 5) is 23.9. The summed E-state index contributed by atoms with van der Waals surface area (Å²) in [6, 6.07) is 8.25. The Morgan fingerprint density at radius 3 is 2.43 bits per heavy atom. The Hall–Kier alpha value is -1.84. The van der Waals surface area contributed by atoms with E-state index in [2.05, 4.69) is 10.6 Å². The van der Waals surface area contributed by atoms with Crippen LogP contribution in [0.5, 0.6) is 0 Å². The molecule has 1 aliphatic carbocycles. The summed E-state index contributed by atoms with van der Waals surface area (Å²) in [7, 11) is 0. The lowest BCUT2D eigenvalue weighted by atomic mass is 10.1. The fourth-order valence-electron chi connectivity index (χ4n) is 2.25. The number of hydrogen-bond acceptors (Lipinski definition) is 2. The van der Waals surface area contributed by atoms with Crippen LogP contribution in [-0.2, 0) is 16.1 Å². The Bertz CT molecular complexity index is 510. The molecule has 3 unspecified atom stereocenters. The number of amides is 2. The van der Waals surface area contributed by atoms with Gasteiger partial charge >= 0.3 is 0 Å². The highest BCUT2D eigenvalue weighted by molar-refractivity contribution is 5.92. The third kappa shape index (κ3) is 4.31. The van der Waals surface area contributed by atoms with Crippen molar-refractivity contribution in [3.8, 4) is 0 Å². The van der Waals surface area contributed by atoms with E-state index >= 15 is 0 Å². The van der Waals surface area contributed by atoms with Crippen molar-refractivity contribution in [2.45, 2.75) is 46.2 Å². The first-order chi connectivity index (χ1) is 10.0. The largest absolute Gasteiger partial charge is 0.353 e. The van der Waals surface area contributed by atoms with Crippen molar-refractivity contribution in [1.29, 1.82) is 0 Å². The first kappa shape index (κ1) is 15.5. The first-order valence-corrected chi connectivity index (χ1v) is 7.65. The van der Waals surface area contributed by atoms with Crippen LogP contribution in [0, 0.1) is 18.8 Å². The topological polar surface area (TPSA) is 58.2 Å². The SMILES string of the molecule is CCC(C)NC(=O)C1CC1C(=O)NCc1ccc(C)cc1. The molecular formula is C17H24N2O2. The number of carbonyl (C=O) groups excluding carboxylic acids is 2. The summed E-state index contributed by atoms with van der Waals surface area (Å²) >= 11 is 0. The Morgan fingerprint density at radius 2 is 1.81 bits per heavy atom. The van der Waals surface area contributed by atoms with Gasteiger partial charge in [0, 0.05) is 12.6 Å². The van der Waals surface area contributed by atoms with Gasteiger partial charge in [0.05, 0.1) is 11.8 Å². The van der Waals surface area contributed by atoms with Gasteiger partial charge in [-0.05, 0) is 32.3 Å². The molecule has 1 saturated carbocycles. The molecule has 2 amide bonds. The molecule has 4 nitrogen and oxygen atoms in total. The molecule has 0 heterocycles. The van der Waals surface area contributed by atoms with Crippen molar-refractivity contribution < 1.29 is 9.59 Å². The number of rotatable bonds is 6.